The third-order valence-corrected chi connectivity index (χ3v) is 12.7. The summed E-state index contributed by atoms with van der Waals surface area (Å²) < 4.78 is 0. The van der Waals surface area contributed by atoms with Gasteiger partial charge in [0.1, 0.15) is 0 Å². The Labute approximate surface area is 162 Å². The van der Waals surface area contributed by atoms with Gasteiger partial charge in [-0.2, -0.15) is 0 Å². The van der Waals surface area contributed by atoms with E-state index in [2.05, 4.69) is 41.5 Å². The standard InChI is InChI=1S/C26H42/c1-7-23(3)13-24(4,8-2)22-18-12-17(21(22)23)25(5)14-26(18,6)20-16-10-9-15(11-16)19(20)25/h15-22H,7-14H2,1-6H3. The van der Waals surface area contributed by atoms with Crippen molar-refractivity contribution >= 4 is 0 Å². The van der Waals surface area contributed by atoms with E-state index >= 15 is 0 Å². The van der Waals surface area contributed by atoms with Crippen LogP contribution in [0.25, 0.3) is 0 Å². The van der Waals surface area contributed by atoms with Crippen LogP contribution in [-0.4, -0.2) is 0 Å². The van der Waals surface area contributed by atoms with Gasteiger partial charge in [0, 0.05) is 0 Å². The van der Waals surface area contributed by atoms with Gasteiger partial charge < -0.3 is 0 Å². The van der Waals surface area contributed by atoms with Crippen molar-refractivity contribution in [3.05, 3.63) is 0 Å². The lowest BCUT2D eigenvalue weighted by Crippen LogP contribution is -2.42. The van der Waals surface area contributed by atoms with Gasteiger partial charge >= 0.3 is 0 Å². The Kier molecular flexibility index (Phi) is 2.99. The lowest BCUT2D eigenvalue weighted by atomic mass is 9.56. The molecule has 0 N–H and O–H groups in total. The summed E-state index contributed by atoms with van der Waals surface area (Å²) in [6.07, 6.45) is 12.3. The van der Waals surface area contributed by atoms with E-state index in [1.54, 1.807) is 32.1 Å². The van der Waals surface area contributed by atoms with Crippen molar-refractivity contribution < 1.29 is 0 Å². The normalized spacial score (nSPS) is 69.9. The average Bonchev–Trinajstić information content (AvgIpc) is 3.35. The maximum absolute atomic E-state index is 2.82. The minimum atomic E-state index is 0.617. The highest BCUT2D eigenvalue weighted by Gasteiger charge is 2.79. The second-order valence-electron chi connectivity index (χ2n) is 13.3. The van der Waals surface area contributed by atoms with Crippen molar-refractivity contribution in [1.82, 2.24) is 0 Å². The minimum Gasteiger partial charge on any atom is -0.0649 e. The number of hydrogen-bond acceptors (Lipinski definition) is 0. The van der Waals surface area contributed by atoms with Crippen molar-refractivity contribution in [2.24, 2.45) is 69.0 Å². The van der Waals surface area contributed by atoms with Crippen LogP contribution >= 0.6 is 0 Å². The maximum atomic E-state index is 2.82. The lowest BCUT2D eigenvalue weighted by molar-refractivity contribution is 0.00199. The molecule has 0 nitrogen and oxygen atoms in total. The Hall–Kier alpha value is 0. The Morgan fingerprint density at radius 2 is 1.08 bits per heavy atom. The fourth-order valence-electron chi connectivity index (χ4n) is 12.1. The summed E-state index contributed by atoms with van der Waals surface area (Å²) in [5, 5.41) is 0. The van der Waals surface area contributed by atoms with E-state index in [-0.39, 0.29) is 0 Å². The monoisotopic (exact) mass is 354 g/mol. The predicted molar refractivity (Wildman–Crippen MR) is 109 cm³/mol. The van der Waals surface area contributed by atoms with Crippen LogP contribution in [0.2, 0.25) is 0 Å². The van der Waals surface area contributed by atoms with Gasteiger partial charge in [0.15, 0.2) is 0 Å². The largest absolute Gasteiger partial charge is 0.0649 e. The third-order valence-electron chi connectivity index (χ3n) is 12.7. The van der Waals surface area contributed by atoms with Crippen LogP contribution in [0.1, 0.15) is 92.9 Å². The van der Waals surface area contributed by atoms with Crippen molar-refractivity contribution in [3.8, 4) is 0 Å². The highest BCUT2D eigenvalue weighted by atomic mass is 14.8. The van der Waals surface area contributed by atoms with Crippen LogP contribution < -0.4 is 0 Å². The molecule has 6 saturated carbocycles. The van der Waals surface area contributed by atoms with Crippen LogP contribution in [0.5, 0.6) is 0 Å². The molecule has 0 amide bonds. The average molecular weight is 355 g/mol. The third kappa shape index (κ3) is 1.53. The van der Waals surface area contributed by atoms with Gasteiger partial charge in [-0.3, -0.25) is 0 Å². The van der Waals surface area contributed by atoms with Crippen molar-refractivity contribution in [2.75, 3.05) is 0 Å². The van der Waals surface area contributed by atoms with Gasteiger partial charge in [-0.15, -0.1) is 0 Å². The molecule has 0 radical (unpaired) electrons. The second kappa shape index (κ2) is 4.59. The van der Waals surface area contributed by atoms with Crippen LogP contribution in [-0.2, 0) is 0 Å². The topological polar surface area (TPSA) is 0 Å². The van der Waals surface area contributed by atoms with Gasteiger partial charge in [-0.25, -0.2) is 0 Å². The van der Waals surface area contributed by atoms with Crippen LogP contribution in [0.15, 0.2) is 0 Å². The van der Waals surface area contributed by atoms with Crippen LogP contribution in [0.3, 0.4) is 0 Å². The van der Waals surface area contributed by atoms with Crippen molar-refractivity contribution in [3.63, 3.8) is 0 Å². The summed E-state index contributed by atoms with van der Waals surface area (Å²) in [6.45, 7) is 16.1. The highest BCUT2D eigenvalue weighted by Crippen LogP contribution is 2.85. The molecule has 0 aromatic carbocycles. The van der Waals surface area contributed by atoms with Gasteiger partial charge in [0.2, 0.25) is 0 Å². The SMILES string of the molecule is CCC1(C)CC(C)(CC)C2C1C1CC2C2(C)CC1(C)C1C3CCC(C3)C12. The fourth-order valence-corrected chi connectivity index (χ4v) is 12.1. The molecule has 0 saturated heterocycles. The zero-order valence-electron chi connectivity index (χ0n) is 18.3. The van der Waals surface area contributed by atoms with Gasteiger partial charge in [0.05, 0.1) is 0 Å². The molecular formula is C26H42. The van der Waals surface area contributed by atoms with Gasteiger partial charge in [-0.05, 0) is 108 Å². The Morgan fingerprint density at radius 3 is 1.50 bits per heavy atom. The van der Waals surface area contributed by atoms with E-state index < -0.39 is 0 Å². The fraction of sp³-hybridized carbons (Fsp3) is 1.00. The molecule has 0 aromatic rings. The molecule has 0 aliphatic heterocycles. The van der Waals surface area contributed by atoms with E-state index in [0.29, 0.717) is 21.7 Å². The molecule has 6 rings (SSSR count). The molecule has 6 bridgehead atoms. The molecular weight excluding hydrogens is 312 g/mol. The summed E-state index contributed by atoms with van der Waals surface area (Å²) in [6, 6.07) is 0. The first-order valence-electron chi connectivity index (χ1n) is 12.2. The molecule has 6 aliphatic rings. The quantitative estimate of drug-likeness (QED) is 0.492. The lowest BCUT2D eigenvalue weighted by Gasteiger charge is -2.49. The molecule has 0 spiro atoms. The molecule has 12 unspecified atom stereocenters. The van der Waals surface area contributed by atoms with E-state index in [9.17, 15) is 0 Å². The summed E-state index contributed by atoms with van der Waals surface area (Å²) in [7, 11) is 0. The highest BCUT2D eigenvalue weighted by molar-refractivity contribution is 5.27. The van der Waals surface area contributed by atoms with E-state index in [1.165, 1.54) is 19.3 Å². The summed E-state index contributed by atoms with van der Waals surface area (Å²) in [5.41, 5.74) is 2.60. The summed E-state index contributed by atoms with van der Waals surface area (Å²) >= 11 is 0. The van der Waals surface area contributed by atoms with Gasteiger partial charge in [0.25, 0.3) is 0 Å². The Bertz CT molecular complexity index is 598. The number of fused-ring (bicyclic) bond motifs is 4. The first kappa shape index (κ1) is 16.9. The van der Waals surface area contributed by atoms with Gasteiger partial charge in [-0.1, -0.05) is 54.4 Å². The Balaban J connectivity index is 1.54. The van der Waals surface area contributed by atoms with E-state index in [0.717, 1.165) is 47.3 Å². The van der Waals surface area contributed by atoms with E-state index in [4.69, 9.17) is 0 Å². The van der Waals surface area contributed by atoms with Crippen molar-refractivity contribution in [2.45, 2.75) is 92.9 Å². The zero-order chi connectivity index (χ0) is 18.3. The van der Waals surface area contributed by atoms with E-state index in [1.807, 2.05) is 0 Å². The molecule has 146 valence electrons. The smallest absolute Gasteiger partial charge is 0.0255 e. The molecule has 6 fully saturated rings. The minimum absolute atomic E-state index is 0.617. The molecule has 0 heteroatoms. The first-order chi connectivity index (χ1) is 12.2. The molecule has 26 heavy (non-hydrogen) atoms. The van der Waals surface area contributed by atoms with Crippen LogP contribution in [0, 0.1) is 69.0 Å². The predicted octanol–water partition coefficient (Wildman–Crippen LogP) is 7.18. The summed E-state index contributed by atoms with van der Waals surface area (Å²) in [4.78, 5) is 0. The second-order valence-corrected chi connectivity index (χ2v) is 13.3. The molecule has 12 atom stereocenters. The summed E-state index contributed by atoms with van der Waals surface area (Å²) in [5.74, 6) is 8.62. The molecule has 0 aromatic heterocycles. The zero-order valence-corrected chi connectivity index (χ0v) is 18.3. The molecule has 0 heterocycles. The molecule has 6 aliphatic carbocycles. The maximum Gasteiger partial charge on any atom is -0.0255 e. The van der Waals surface area contributed by atoms with Crippen molar-refractivity contribution in [1.29, 1.82) is 0 Å². The Morgan fingerprint density at radius 1 is 0.615 bits per heavy atom. The van der Waals surface area contributed by atoms with Crippen LogP contribution in [0.4, 0.5) is 0 Å². The first-order valence-corrected chi connectivity index (χ1v) is 12.2. The number of rotatable bonds is 2. The number of hydrogen-bond donors (Lipinski definition) is 0.